The van der Waals surface area contributed by atoms with Gasteiger partial charge in [-0.25, -0.2) is 9.78 Å². The van der Waals surface area contributed by atoms with Gasteiger partial charge in [-0.05, 0) is 17.8 Å². The third-order valence-corrected chi connectivity index (χ3v) is 4.41. The van der Waals surface area contributed by atoms with Crippen molar-refractivity contribution in [2.75, 3.05) is 19.0 Å². The topological polar surface area (TPSA) is 79.2 Å². The average Bonchev–Trinajstić information content (AvgIpc) is 2.80. The van der Waals surface area contributed by atoms with E-state index >= 15 is 0 Å². The predicted molar refractivity (Wildman–Crippen MR) is 74.6 cm³/mol. The summed E-state index contributed by atoms with van der Waals surface area (Å²) >= 11 is 8.41. The second kappa shape index (κ2) is 5.72. The second-order valence-electron chi connectivity index (χ2n) is 3.65. The van der Waals surface area contributed by atoms with Crippen LogP contribution in [-0.2, 0) is 0 Å². The molecular weight excluding hydrogens is 308 g/mol. The zero-order valence-electron chi connectivity index (χ0n) is 9.99. The molecule has 0 fully saturated rings. The van der Waals surface area contributed by atoms with E-state index in [-0.39, 0.29) is 10.6 Å². The van der Waals surface area contributed by atoms with Gasteiger partial charge in [-0.2, -0.15) is 0 Å². The molecule has 2 aromatic heterocycles. The lowest BCUT2D eigenvalue weighted by molar-refractivity contribution is 0.0696. The van der Waals surface area contributed by atoms with Crippen LogP contribution in [0.1, 0.15) is 10.4 Å². The van der Waals surface area contributed by atoms with Gasteiger partial charge in [0, 0.05) is 20.3 Å². The van der Waals surface area contributed by atoms with E-state index in [1.807, 2.05) is 19.0 Å². The van der Waals surface area contributed by atoms with E-state index < -0.39 is 5.97 Å². The number of hydrogen-bond donors (Lipinski definition) is 1. The van der Waals surface area contributed by atoms with Crippen molar-refractivity contribution in [1.82, 2.24) is 15.2 Å². The van der Waals surface area contributed by atoms with Crippen LogP contribution in [0.5, 0.6) is 0 Å². The van der Waals surface area contributed by atoms with Gasteiger partial charge in [0.1, 0.15) is 5.03 Å². The van der Waals surface area contributed by atoms with Crippen molar-refractivity contribution in [2.24, 2.45) is 0 Å². The van der Waals surface area contributed by atoms with Crippen LogP contribution in [0.25, 0.3) is 0 Å². The van der Waals surface area contributed by atoms with E-state index in [1.54, 1.807) is 0 Å². The molecule has 0 unspecified atom stereocenters. The number of pyridine rings is 1. The monoisotopic (exact) mass is 316 g/mol. The van der Waals surface area contributed by atoms with E-state index in [9.17, 15) is 4.79 Å². The first-order chi connectivity index (χ1) is 8.97. The van der Waals surface area contributed by atoms with Gasteiger partial charge >= 0.3 is 5.97 Å². The number of hydrogen-bond acceptors (Lipinski definition) is 7. The Morgan fingerprint density at radius 2 is 2.21 bits per heavy atom. The van der Waals surface area contributed by atoms with Crippen LogP contribution in [0.15, 0.2) is 21.6 Å². The molecule has 2 aromatic rings. The summed E-state index contributed by atoms with van der Waals surface area (Å²) in [5.74, 6) is -1.08. The minimum absolute atomic E-state index is 0.0246. The molecule has 2 rings (SSSR count). The first-order valence-electron chi connectivity index (χ1n) is 5.05. The van der Waals surface area contributed by atoms with Crippen LogP contribution in [0.2, 0.25) is 5.02 Å². The van der Waals surface area contributed by atoms with Crippen LogP contribution >= 0.6 is 34.7 Å². The molecule has 0 saturated carbocycles. The summed E-state index contributed by atoms with van der Waals surface area (Å²) < 4.78 is 0.690. The maximum absolute atomic E-state index is 11.0. The molecule has 9 heteroatoms. The van der Waals surface area contributed by atoms with Gasteiger partial charge in [0.05, 0.1) is 10.6 Å². The Morgan fingerprint density at radius 3 is 2.79 bits per heavy atom. The van der Waals surface area contributed by atoms with Gasteiger partial charge in [-0.3, -0.25) is 0 Å². The summed E-state index contributed by atoms with van der Waals surface area (Å²) in [6.07, 6.45) is 1.32. The van der Waals surface area contributed by atoms with Gasteiger partial charge in [-0.1, -0.05) is 22.9 Å². The largest absolute Gasteiger partial charge is 0.478 e. The summed E-state index contributed by atoms with van der Waals surface area (Å²) in [5, 5.41) is 18.4. The molecule has 0 aliphatic rings. The van der Waals surface area contributed by atoms with E-state index in [4.69, 9.17) is 16.7 Å². The normalized spacial score (nSPS) is 10.5. The number of nitrogens with zero attached hydrogens (tertiary/aromatic N) is 4. The van der Waals surface area contributed by atoms with E-state index in [1.165, 1.54) is 35.4 Å². The SMILES string of the molecule is CN(C)c1nnc(Sc2cc(C(=O)O)c(Cl)cn2)s1. The van der Waals surface area contributed by atoms with Crippen molar-refractivity contribution in [3.63, 3.8) is 0 Å². The molecule has 0 aliphatic heterocycles. The van der Waals surface area contributed by atoms with Crippen LogP contribution in [0.3, 0.4) is 0 Å². The maximum atomic E-state index is 11.0. The third-order valence-electron chi connectivity index (χ3n) is 2.03. The molecule has 0 saturated heterocycles. The standard InChI is InChI=1S/C10H9ClN4O2S2/c1-15(2)9-13-14-10(19-9)18-7-3-5(8(16)17)6(11)4-12-7/h3-4H,1-2H3,(H,16,17). The van der Waals surface area contributed by atoms with Crippen LogP contribution < -0.4 is 4.90 Å². The molecular formula is C10H9ClN4O2S2. The molecule has 0 radical (unpaired) electrons. The quantitative estimate of drug-likeness (QED) is 0.928. The lowest BCUT2D eigenvalue weighted by atomic mass is 10.3. The van der Waals surface area contributed by atoms with Gasteiger partial charge in [0.2, 0.25) is 5.13 Å². The molecule has 0 atom stereocenters. The first-order valence-corrected chi connectivity index (χ1v) is 7.06. The number of carboxylic acid groups (broad SMARTS) is 1. The lowest BCUT2D eigenvalue weighted by Crippen LogP contribution is -2.07. The third kappa shape index (κ3) is 3.34. The Hall–Kier alpha value is -1.38. The number of carboxylic acids is 1. The maximum Gasteiger partial charge on any atom is 0.337 e. The van der Waals surface area contributed by atoms with E-state index in [0.29, 0.717) is 9.37 Å². The first kappa shape index (κ1) is 14.0. The highest BCUT2D eigenvalue weighted by Gasteiger charge is 2.13. The Labute approximate surface area is 122 Å². The zero-order valence-corrected chi connectivity index (χ0v) is 12.4. The molecule has 0 amide bonds. The van der Waals surface area contributed by atoms with Crippen LogP contribution in [0, 0.1) is 0 Å². The number of aromatic carboxylic acids is 1. The van der Waals surface area contributed by atoms with Gasteiger partial charge in [0.15, 0.2) is 4.34 Å². The minimum Gasteiger partial charge on any atom is -0.478 e. The summed E-state index contributed by atoms with van der Waals surface area (Å²) in [6.45, 7) is 0. The van der Waals surface area contributed by atoms with Crippen molar-refractivity contribution in [1.29, 1.82) is 0 Å². The molecule has 6 nitrogen and oxygen atoms in total. The highest BCUT2D eigenvalue weighted by Crippen LogP contribution is 2.32. The molecule has 0 aliphatic carbocycles. The molecule has 0 spiro atoms. The number of carbonyl (C=O) groups is 1. The average molecular weight is 317 g/mol. The summed E-state index contributed by atoms with van der Waals surface area (Å²) in [5.41, 5.74) is 0.0246. The highest BCUT2D eigenvalue weighted by atomic mass is 35.5. The molecule has 19 heavy (non-hydrogen) atoms. The molecule has 2 heterocycles. The van der Waals surface area contributed by atoms with Crippen molar-refractivity contribution in [2.45, 2.75) is 9.37 Å². The summed E-state index contributed by atoms with van der Waals surface area (Å²) in [6, 6.07) is 1.42. The fourth-order valence-electron chi connectivity index (χ4n) is 1.15. The Balaban J connectivity index is 2.23. The number of rotatable bonds is 4. The minimum atomic E-state index is -1.08. The highest BCUT2D eigenvalue weighted by molar-refractivity contribution is 8.01. The molecule has 1 N–H and O–H groups in total. The zero-order chi connectivity index (χ0) is 14.0. The number of aromatic nitrogens is 3. The molecule has 0 aromatic carbocycles. The van der Waals surface area contributed by atoms with Crippen molar-refractivity contribution in [3.05, 3.63) is 22.8 Å². The Kier molecular flexibility index (Phi) is 4.23. The van der Waals surface area contributed by atoms with Crippen molar-refractivity contribution < 1.29 is 9.90 Å². The van der Waals surface area contributed by atoms with Gasteiger partial charge in [0.25, 0.3) is 0 Å². The molecule has 100 valence electrons. The summed E-state index contributed by atoms with van der Waals surface area (Å²) in [4.78, 5) is 16.9. The van der Waals surface area contributed by atoms with Crippen LogP contribution in [-0.4, -0.2) is 40.4 Å². The predicted octanol–water partition coefficient (Wildman–Crippen LogP) is 2.50. The van der Waals surface area contributed by atoms with Crippen molar-refractivity contribution >= 4 is 45.8 Å². The Bertz CT molecular complexity index is 617. The second-order valence-corrected chi connectivity index (χ2v) is 6.29. The fraction of sp³-hybridized carbons (Fsp3) is 0.200. The fourth-order valence-corrected chi connectivity index (χ4v) is 3.03. The van der Waals surface area contributed by atoms with Crippen molar-refractivity contribution in [3.8, 4) is 0 Å². The number of halogens is 1. The lowest BCUT2D eigenvalue weighted by Gasteiger charge is -2.03. The summed E-state index contributed by atoms with van der Waals surface area (Å²) in [7, 11) is 3.75. The van der Waals surface area contributed by atoms with E-state index in [0.717, 1.165) is 5.13 Å². The smallest absolute Gasteiger partial charge is 0.337 e. The van der Waals surface area contributed by atoms with Gasteiger partial charge in [-0.15, -0.1) is 10.2 Å². The van der Waals surface area contributed by atoms with Crippen LogP contribution in [0.4, 0.5) is 5.13 Å². The van der Waals surface area contributed by atoms with E-state index in [2.05, 4.69) is 15.2 Å². The van der Waals surface area contributed by atoms with Gasteiger partial charge < -0.3 is 10.0 Å². The molecule has 0 bridgehead atoms. The number of anilines is 1. The Morgan fingerprint density at radius 1 is 1.47 bits per heavy atom.